The van der Waals surface area contributed by atoms with E-state index in [9.17, 15) is 18.4 Å². The third-order valence-electron chi connectivity index (χ3n) is 4.30. The Labute approximate surface area is 162 Å². The first kappa shape index (κ1) is 18.5. The van der Waals surface area contributed by atoms with E-state index in [0.29, 0.717) is 17.3 Å². The lowest BCUT2D eigenvalue weighted by atomic mass is 10.1. The van der Waals surface area contributed by atoms with Crippen LogP contribution in [0.5, 0.6) is 0 Å². The van der Waals surface area contributed by atoms with Crippen LogP contribution in [0.4, 0.5) is 14.5 Å². The van der Waals surface area contributed by atoms with Gasteiger partial charge in [0.15, 0.2) is 0 Å². The molecule has 2 aromatic heterocycles. The fourth-order valence-electron chi connectivity index (χ4n) is 2.86. The average Bonchev–Trinajstić information content (AvgIpc) is 3.15. The first-order valence-electron chi connectivity index (χ1n) is 8.68. The van der Waals surface area contributed by atoms with Crippen molar-refractivity contribution in [2.75, 3.05) is 5.32 Å². The molecule has 0 aliphatic rings. The second kappa shape index (κ2) is 7.63. The van der Waals surface area contributed by atoms with Gasteiger partial charge in [0.05, 0.1) is 5.69 Å². The Balaban J connectivity index is 1.55. The number of nitrogens with one attached hydrogen (secondary N) is 1. The van der Waals surface area contributed by atoms with Crippen molar-refractivity contribution < 1.29 is 18.1 Å². The van der Waals surface area contributed by atoms with Crippen LogP contribution in [0.15, 0.2) is 64.2 Å². The molecule has 7 nitrogen and oxygen atoms in total. The molecule has 29 heavy (non-hydrogen) atoms. The van der Waals surface area contributed by atoms with Crippen molar-refractivity contribution in [3.05, 3.63) is 76.8 Å². The maximum Gasteiger partial charge on any atom is 0.266 e. The molecule has 0 saturated carbocycles. The number of amides is 1. The number of hydrogen-bond donors (Lipinski definition) is 1. The zero-order chi connectivity index (χ0) is 20.4. The van der Waals surface area contributed by atoms with Crippen molar-refractivity contribution in [3.63, 3.8) is 0 Å². The summed E-state index contributed by atoms with van der Waals surface area (Å²) in [7, 11) is 0. The van der Waals surface area contributed by atoms with Crippen molar-refractivity contribution >= 4 is 22.7 Å². The molecular weight excluding hydrogens is 382 g/mol. The lowest BCUT2D eigenvalue weighted by Crippen LogP contribution is -2.23. The molecule has 146 valence electrons. The van der Waals surface area contributed by atoms with E-state index < -0.39 is 23.1 Å². The molecule has 2 heterocycles. The SMILES string of the molecule is O=C(CCn1cnc2onc(-c3ccccc3)c2c1=O)Nc1ccc(F)cc1F. The van der Waals surface area contributed by atoms with E-state index in [1.165, 1.54) is 10.9 Å². The third-order valence-corrected chi connectivity index (χ3v) is 4.30. The number of aryl methyl sites for hydroxylation is 1. The van der Waals surface area contributed by atoms with Crippen molar-refractivity contribution in [3.8, 4) is 11.3 Å². The van der Waals surface area contributed by atoms with Crippen molar-refractivity contribution in [2.24, 2.45) is 0 Å². The molecule has 0 atom stereocenters. The lowest BCUT2D eigenvalue weighted by Gasteiger charge is -2.08. The molecule has 0 bridgehead atoms. The van der Waals surface area contributed by atoms with Gasteiger partial charge in [-0.1, -0.05) is 35.5 Å². The molecule has 0 aliphatic carbocycles. The van der Waals surface area contributed by atoms with Crippen molar-refractivity contribution in [2.45, 2.75) is 13.0 Å². The summed E-state index contributed by atoms with van der Waals surface area (Å²) in [5.74, 6) is -2.15. The molecule has 4 aromatic rings. The van der Waals surface area contributed by atoms with Crippen LogP contribution in [0, 0.1) is 11.6 Å². The zero-order valence-electron chi connectivity index (χ0n) is 14.9. The van der Waals surface area contributed by atoms with Crippen LogP contribution in [0.1, 0.15) is 6.42 Å². The first-order chi connectivity index (χ1) is 14.0. The van der Waals surface area contributed by atoms with E-state index in [2.05, 4.69) is 15.5 Å². The largest absolute Gasteiger partial charge is 0.335 e. The molecule has 0 aliphatic heterocycles. The molecule has 0 fully saturated rings. The summed E-state index contributed by atoms with van der Waals surface area (Å²) >= 11 is 0. The van der Waals surface area contributed by atoms with Crippen molar-refractivity contribution in [1.82, 2.24) is 14.7 Å². The van der Waals surface area contributed by atoms with Crippen LogP contribution in [-0.2, 0) is 11.3 Å². The molecule has 4 rings (SSSR count). The Morgan fingerprint density at radius 2 is 1.93 bits per heavy atom. The van der Waals surface area contributed by atoms with Gasteiger partial charge in [0.1, 0.15) is 29.0 Å². The van der Waals surface area contributed by atoms with Crippen LogP contribution in [0.3, 0.4) is 0 Å². The number of aromatic nitrogens is 3. The van der Waals surface area contributed by atoms with Gasteiger partial charge in [-0.2, -0.15) is 0 Å². The Morgan fingerprint density at radius 1 is 1.14 bits per heavy atom. The first-order valence-corrected chi connectivity index (χ1v) is 8.68. The number of benzene rings is 2. The van der Waals surface area contributed by atoms with E-state index in [4.69, 9.17) is 4.52 Å². The molecule has 0 unspecified atom stereocenters. The maximum atomic E-state index is 13.6. The molecule has 1 amide bonds. The van der Waals surface area contributed by atoms with Gasteiger partial charge in [-0.15, -0.1) is 0 Å². The number of rotatable bonds is 5. The quantitative estimate of drug-likeness (QED) is 0.559. The summed E-state index contributed by atoms with van der Waals surface area (Å²) in [6, 6.07) is 11.9. The highest BCUT2D eigenvalue weighted by atomic mass is 19.1. The molecule has 2 aromatic carbocycles. The van der Waals surface area contributed by atoms with Gasteiger partial charge in [0, 0.05) is 24.6 Å². The van der Waals surface area contributed by atoms with E-state index >= 15 is 0 Å². The minimum absolute atomic E-state index is 0.00975. The highest BCUT2D eigenvalue weighted by Gasteiger charge is 2.17. The van der Waals surface area contributed by atoms with E-state index in [0.717, 1.165) is 12.1 Å². The standard InChI is InChI=1S/C20H14F2N4O3/c21-13-6-7-15(14(22)10-13)24-16(27)8-9-26-11-23-19-17(20(26)28)18(25-29-19)12-4-2-1-3-5-12/h1-7,10-11H,8-9H2,(H,24,27). The average molecular weight is 396 g/mol. The molecule has 0 radical (unpaired) electrons. The summed E-state index contributed by atoms with van der Waals surface area (Å²) in [5, 5.41) is 6.49. The topological polar surface area (TPSA) is 90.0 Å². The Bertz CT molecular complexity index is 1250. The minimum Gasteiger partial charge on any atom is -0.335 e. The predicted molar refractivity (Wildman–Crippen MR) is 101 cm³/mol. The summed E-state index contributed by atoms with van der Waals surface area (Å²) < 4.78 is 33.0. The number of halogens is 2. The van der Waals surface area contributed by atoms with Crippen LogP contribution < -0.4 is 10.9 Å². The monoisotopic (exact) mass is 396 g/mol. The van der Waals surface area contributed by atoms with E-state index in [1.54, 1.807) is 12.1 Å². The molecule has 1 N–H and O–H groups in total. The Kier molecular flexibility index (Phi) is 4.86. The second-order valence-corrected chi connectivity index (χ2v) is 6.24. The Hall–Kier alpha value is -3.88. The van der Waals surface area contributed by atoms with Crippen LogP contribution in [0.2, 0.25) is 0 Å². The van der Waals surface area contributed by atoms with Gasteiger partial charge in [-0.3, -0.25) is 14.2 Å². The summed E-state index contributed by atoms with van der Waals surface area (Å²) in [5.41, 5.74) is 0.624. The van der Waals surface area contributed by atoms with Gasteiger partial charge in [-0.25, -0.2) is 13.8 Å². The zero-order valence-corrected chi connectivity index (χ0v) is 14.9. The summed E-state index contributed by atoms with van der Waals surface area (Å²) in [6.07, 6.45) is 1.15. The second-order valence-electron chi connectivity index (χ2n) is 6.24. The summed E-state index contributed by atoms with van der Waals surface area (Å²) in [4.78, 5) is 29.0. The van der Waals surface area contributed by atoms with Crippen LogP contribution in [0.25, 0.3) is 22.4 Å². The molecule has 9 heteroatoms. The van der Waals surface area contributed by atoms with Gasteiger partial charge >= 0.3 is 0 Å². The fourth-order valence-corrected chi connectivity index (χ4v) is 2.86. The van der Waals surface area contributed by atoms with E-state index in [-0.39, 0.29) is 29.8 Å². The highest BCUT2D eigenvalue weighted by Crippen LogP contribution is 2.23. The lowest BCUT2D eigenvalue weighted by molar-refractivity contribution is -0.116. The van der Waals surface area contributed by atoms with Crippen LogP contribution >= 0.6 is 0 Å². The molecule has 0 spiro atoms. The molecular formula is C20H14F2N4O3. The number of carbonyl (C=O) groups is 1. The number of carbonyl (C=O) groups excluding carboxylic acids is 1. The number of hydrogen-bond acceptors (Lipinski definition) is 5. The minimum atomic E-state index is -0.879. The summed E-state index contributed by atoms with van der Waals surface area (Å²) in [6.45, 7) is 0.00975. The third kappa shape index (κ3) is 3.75. The smallest absolute Gasteiger partial charge is 0.266 e. The number of nitrogens with zero attached hydrogens (tertiary/aromatic N) is 3. The van der Waals surface area contributed by atoms with Gasteiger partial charge in [0.2, 0.25) is 5.91 Å². The van der Waals surface area contributed by atoms with Crippen LogP contribution in [-0.4, -0.2) is 20.6 Å². The number of fused-ring (bicyclic) bond motifs is 1. The highest BCUT2D eigenvalue weighted by molar-refractivity contribution is 5.91. The predicted octanol–water partition coefficient (Wildman–Crippen LogP) is 3.36. The van der Waals surface area contributed by atoms with Gasteiger partial charge < -0.3 is 9.84 Å². The van der Waals surface area contributed by atoms with Crippen molar-refractivity contribution in [1.29, 1.82) is 0 Å². The van der Waals surface area contributed by atoms with E-state index in [1.807, 2.05) is 18.2 Å². The normalized spacial score (nSPS) is 11.0. The Morgan fingerprint density at radius 3 is 2.69 bits per heavy atom. The molecule has 0 saturated heterocycles. The number of anilines is 1. The maximum absolute atomic E-state index is 13.6. The van der Waals surface area contributed by atoms with Gasteiger partial charge in [0.25, 0.3) is 11.3 Å². The fraction of sp³-hybridized carbons (Fsp3) is 0.100. The van der Waals surface area contributed by atoms with Gasteiger partial charge in [-0.05, 0) is 12.1 Å².